The summed E-state index contributed by atoms with van der Waals surface area (Å²) in [6, 6.07) is 6.55. The van der Waals surface area contributed by atoms with Crippen molar-refractivity contribution in [2.45, 2.75) is 31.7 Å². The summed E-state index contributed by atoms with van der Waals surface area (Å²) >= 11 is 0. The van der Waals surface area contributed by atoms with E-state index in [9.17, 15) is 0 Å². The van der Waals surface area contributed by atoms with E-state index < -0.39 is 0 Å². The van der Waals surface area contributed by atoms with E-state index in [1.54, 1.807) is 0 Å². The molecule has 1 saturated carbocycles. The average molecular weight is 251 g/mol. The van der Waals surface area contributed by atoms with Crippen molar-refractivity contribution in [3.63, 3.8) is 0 Å². The molecule has 0 bridgehead atoms. The summed E-state index contributed by atoms with van der Waals surface area (Å²) in [6.07, 6.45) is 7.68. The van der Waals surface area contributed by atoms with Crippen molar-refractivity contribution in [1.82, 2.24) is 15.3 Å². The molecular formula is C16H17N3. The Balaban J connectivity index is 1.67. The lowest BCUT2D eigenvalue weighted by Crippen LogP contribution is -2.23. The van der Waals surface area contributed by atoms with Gasteiger partial charge in [-0.1, -0.05) is 0 Å². The molecule has 2 aromatic heterocycles. The van der Waals surface area contributed by atoms with Gasteiger partial charge in [-0.2, -0.15) is 0 Å². The minimum atomic E-state index is 0.719. The molecule has 0 aromatic carbocycles. The maximum atomic E-state index is 4.58. The second-order valence-corrected chi connectivity index (χ2v) is 5.51. The lowest BCUT2D eigenvalue weighted by Gasteiger charge is -2.17. The predicted molar refractivity (Wildman–Crippen MR) is 74.9 cm³/mol. The SMILES string of the molecule is c1cc(C2CC2)ncc1-c1cc2c(cn1)CNCC2. The van der Waals surface area contributed by atoms with E-state index in [0.29, 0.717) is 0 Å². The van der Waals surface area contributed by atoms with Crippen LogP contribution >= 0.6 is 0 Å². The summed E-state index contributed by atoms with van der Waals surface area (Å²) < 4.78 is 0. The summed E-state index contributed by atoms with van der Waals surface area (Å²) in [5, 5.41) is 3.37. The van der Waals surface area contributed by atoms with E-state index in [-0.39, 0.29) is 0 Å². The van der Waals surface area contributed by atoms with Crippen molar-refractivity contribution < 1.29 is 0 Å². The summed E-state index contributed by atoms with van der Waals surface area (Å²) in [5.74, 6) is 0.719. The smallest absolute Gasteiger partial charge is 0.0720 e. The average Bonchev–Trinajstić information content (AvgIpc) is 3.32. The van der Waals surface area contributed by atoms with Gasteiger partial charge in [0.05, 0.1) is 5.69 Å². The molecule has 0 spiro atoms. The summed E-state index contributed by atoms with van der Waals surface area (Å²) in [7, 11) is 0. The second-order valence-electron chi connectivity index (χ2n) is 5.51. The van der Waals surface area contributed by atoms with E-state index in [2.05, 4.69) is 33.5 Å². The Labute approximate surface area is 113 Å². The molecule has 1 aliphatic carbocycles. The molecule has 2 aliphatic rings. The Morgan fingerprint density at radius 1 is 1.05 bits per heavy atom. The Hall–Kier alpha value is -1.74. The first-order valence-corrected chi connectivity index (χ1v) is 7.05. The lowest BCUT2D eigenvalue weighted by atomic mass is 10.0. The quantitative estimate of drug-likeness (QED) is 0.891. The van der Waals surface area contributed by atoms with Gasteiger partial charge in [-0.05, 0) is 55.1 Å². The van der Waals surface area contributed by atoms with Gasteiger partial charge in [0, 0.05) is 36.1 Å². The van der Waals surface area contributed by atoms with Crippen LogP contribution in [0, 0.1) is 0 Å². The van der Waals surface area contributed by atoms with Gasteiger partial charge in [-0.25, -0.2) is 0 Å². The van der Waals surface area contributed by atoms with Crippen molar-refractivity contribution in [3.8, 4) is 11.3 Å². The number of nitrogens with zero attached hydrogens (tertiary/aromatic N) is 2. The Morgan fingerprint density at radius 2 is 2.00 bits per heavy atom. The maximum absolute atomic E-state index is 4.58. The number of nitrogens with one attached hydrogen (secondary N) is 1. The van der Waals surface area contributed by atoms with Gasteiger partial charge in [0.25, 0.3) is 0 Å². The van der Waals surface area contributed by atoms with Crippen molar-refractivity contribution >= 4 is 0 Å². The van der Waals surface area contributed by atoms with Gasteiger partial charge in [0.15, 0.2) is 0 Å². The molecule has 0 unspecified atom stereocenters. The van der Waals surface area contributed by atoms with E-state index in [4.69, 9.17) is 0 Å². The van der Waals surface area contributed by atoms with Gasteiger partial charge in [-0.15, -0.1) is 0 Å². The molecule has 1 fully saturated rings. The maximum Gasteiger partial charge on any atom is 0.0720 e. The number of hydrogen-bond donors (Lipinski definition) is 1. The van der Waals surface area contributed by atoms with Crippen molar-refractivity contribution in [2.24, 2.45) is 0 Å². The van der Waals surface area contributed by atoms with Crippen LogP contribution in [0.4, 0.5) is 0 Å². The molecule has 0 saturated heterocycles. The number of aromatic nitrogens is 2. The number of fused-ring (bicyclic) bond motifs is 1. The molecule has 0 amide bonds. The molecule has 3 heterocycles. The van der Waals surface area contributed by atoms with Gasteiger partial charge < -0.3 is 5.32 Å². The third kappa shape index (κ3) is 2.15. The van der Waals surface area contributed by atoms with Gasteiger partial charge in [0.2, 0.25) is 0 Å². The Bertz CT molecular complexity index is 600. The molecule has 1 N–H and O–H groups in total. The van der Waals surface area contributed by atoms with Crippen LogP contribution in [0.3, 0.4) is 0 Å². The van der Waals surface area contributed by atoms with Gasteiger partial charge in [0.1, 0.15) is 0 Å². The van der Waals surface area contributed by atoms with E-state index in [1.807, 2.05) is 12.4 Å². The van der Waals surface area contributed by atoms with Crippen molar-refractivity contribution in [1.29, 1.82) is 0 Å². The van der Waals surface area contributed by atoms with Crippen LogP contribution in [-0.2, 0) is 13.0 Å². The summed E-state index contributed by atoms with van der Waals surface area (Å²) in [4.78, 5) is 9.15. The first kappa shape index (κ1) is 11.1. The van der Waals surface area contributed by atoms with Crippen LogP contribution in [0.5, 0.6) is 0 Å². The molecule has 96 valence electrons. The normalized spacial score (nSPS) is 18.1. The first-order valence-electron chi connectivity index (χ1n) is 7.05. The molecule has 3 nitrogen and oxygen atoms in total. The van der Waals surface area contributed by atoms with Crippen LogP contribution in [0.1, 0.15) is 35.6 Å². The standard InChI is InChI=1S/C16H17N3/c1-2-11(1)15-4-3-13(9-18-15)16-7-12-5-6-17-8-14(12)10-19-16/h3-4,7,9-11,17H,1-2,5-6,8H2. The molecule has 19 heavy (non-hydrogen) atoms. The van der Waals surface area contributed by atoms with Gasteiger partial charge in [-0.3, -0.25) is 9.97 Å². The molecule has 3 heteroatoms. The fourth-order valence-electron chi connectivity index (χ4n) is 2.70. The monoisotopic (exact) mass is 251 g/mol. The molecule has 4 rings (SSSR count). The molecular weight excluding hydrogens is 234 g/mol. The number of rotatable bonds is 2. The van der Waals surface area contributed by atoms with Crippen LogP contribution in [0.15, 0.2) is 30.6 Å². The second kappa shape index (κ2) is 4.42. The fourth-order valence-corrected chi connectivity index (χ4v) is 2.70. The zero-order chi connectivity index (χ0) is 12.7. The minimum absolute atomic E-state index is 0.719. The first-order chi connectivity index (χ1) is 9.40. The Kier molecular flexibility index (Phi) is 2.59. The third-order valence-electron chi connectivity index (χ3n) is 4.05. The largest absolute Gasteiger partial charge is 0.312 e. The van der Waals surface area contributed by atoms with Crippen molar-refractivity contribution in [3.05, 3.63) is 47.4 Å². The lowest BCUT2D eigenvalue weighted by molar-refractivity contribution is 0.641. The molecule has 0 radical (unpaired) electrons. The van der Waals surface area contributed by atoms with Crippen LogP contribution < -0.4 is 5.32 Å². The Morgan fingerprint density at radius 3 is 2.79 bits per heavy atom. The van der Waals surface area contributed by atoms with Crippen LogP contribution in [0.2, 0.25) is 0 Å². The highest BCUT2D eigenvalue weighted by molar-refractivity contribution is 5.59. The van der Waals surface area contributed by atoms with Crippen LogP contribution in [0.25, 0.3) is 11.3 Å². The molecule has 1 aliphatic heterocycles. The summed E-state index contributed by atoms with van der Waals surface area (Å²) in [5.41, 5.74) is 6.18. The summed E-state index contributed by atoms with van der Waals surface area (Å²) in [6.45, 7) is 2.01. The zero-order valence-corrected chi connectivity index (χ0v) is 10.9. The van der Waals surface area contributed by atoms with Gasteiger partial charge >= 0.3 is 0 Å². The molecule has 0 atom stereocenters. The fraction of sp³-hybridized carbons (Fsp3) is 0.375. The molecule has 2 aromatic rings. The van der Waals surface area contributed by atoms with E-state index in [0.717, 1.165) is 36.7 Å². The third-order valence-corrected chi connectivity index (χ3v) is 4.05. The minimum Gasteiger partial charge on any atom is -0.312 e. The number of hydrogen-bond acceptors (Lipinski definition) is 3. The van der Waals surface area contributed by atoms with E-state index in [1.165, 1.54) is 29.7 Å². The number of pyridine rings is 2. The van der Waals surface area contributed by atoms with Crippen molar-refractivity contribution in [2.75, 3.05) is 6.54 Å². The van der Waals surface area contributed by atoms with Crippen LogP contribution in [-0.4, -0.2) is 16.5 Å². The topological polar surface area (TPSA) is 37.8 Å². The van der Waals surface area contributed by atoms with E-state index >= 15 is 0 Å². The highest BCUT2D eigenvalue weighted by atomic mass is 14.9. The highest BCUT2D eigenvalue weighted by Crippen LogP contribution is 2.39. The predicted octanol–water partition coefficient (Wildman–Crippen LogP) is 2.67. The highest BCUT2D eigenvalue weighted by Gasteiger charge is 2.24. The zero-order valence-electron chi connectivity index (χ0n) is 10.9.